The predicted octanol–water partition coefficient (Wildman–Crippen LogP) is -6.16. The van der Waals surface area contributed by atoms with E-state index in [0.717, 1.165) is 28.0 Å². The second-order valence-electron chi connectivity index (χ2n) is 10.1. The summed E-state index contributed by atoms with van der Waals surface area (Å²) in [7, 11) is -17.5. The average Bonchev–Trinajstić information content (AvgIpc) is 3.64. The van der Waals surface area contributed by atoms with Crippen molar-refractivity contribution in [3.63, 3.8) is 0 Å². The van der Waals surface area contributed by atoms with Gasteiger partial charge in [-0.05, 0) is 6.07 Å². The number of pyridine rings is 1. The van der Waals surface area contributed by atoms with Crippen LogP contribution >= 0.6 is 23.5 Å². The minimum Gasteiger partial charge on any atom is -0.790 e. The number of carbonyl (C=O) groups is 1. The Morgan fingerprint density at radius 1 is 0.979 bits per heavy atom. The van der Waals surface area contributed by atoms with E-state index in [0.29, 0.717) is 0 Å². The molecule has 2 fully saturated rings. The molecule has 5 N–H and O–H groups in total. The number of hydrogen-bond acceptors (Lipinski definition) is 22. The summed E-state index contributed by atoms with van der Waals surface area (Å²) in [5, 5.41) is 42.4. The van der Waals surface area contributed by atoms with Gasteiger partial charge in [0.2, 0.25) is 0 Å². The number of carboxylic acid groups (broad SMARTS) is 1. The third kappa shape index (κ3) is 8.12. The van der Waals surface area contributed by atoms with Gasteiger partial charge in [-0.1, -0.05) is 0 Å². The molecule has 0 amide bonds. The number of aliphatic hydroxyl groups excluding tert-OH is 3. The summed E-state index contributed by atoms with van der Waals surface area (Å²) >= 11 is 0. The van der Waals surface area contributed by atoms with Crippen LogP contribution in [0, 0.1) is 0 Å². The molecule has 24 nitrogen and oxygen atoms in total. The SMILES string of the molecule is Nc1ncnc2c1ncn2[C@@H]1O[C@H](COP(=O)([O-])OP(=O)([O-])OC[C@H]2O[C@@H]([n+]3cccc(C(=O)[O-])c3)[C@H](O)[C@@H]2O)[C@@H](O)[C@H]1OP(=O)([O-])[O-]. The molecule has 10 atom stereocenters. The van der Waals surface area contributed by atoms with E-state index >= 15 is 0 Å². The number of fused-ring (bicyclic) bond motifs is 1. The molecule has 3 aromatic rings. The molecular formula is C21H23N6O18P3-4. The number of carboxylic acids is 1. The van der Waals surface area contributed by atoms with Gasteiger partial charge in [-0.25, -0.2) is 19.3 Å². The Hall–Kier alpha value is -2.86. The summed E-state index contributed by atoms with van der Waals surface area (Å²) in [4.78, 5) is 70.2. The van der Waals surface area contributed by atoms with Gasteiger partial charge >= 0.3 is 0 Å². The van der Waals surface area contributed by atoms with E-state index in [1.165, 1.54) is 18.3 Å². The number of nitrogens with two attached hydrogens (primary N) is 1. The topological polar surface area (TPSA) is 373 Å². The number of nitrogens with zero attached hydrogens (tertiary/aromatic N) is 5. The molecule has 0 aromatic carbocycles. The van der Waals surface area contributed by atoms with Gasteiger partial charge in [-0.3, -0.25) is 13.7 Å². The molecule has 0 spiro atoms. The Balaban J connectivity index is 1.21. The lowest BCUT2D eigenvalue weighted by atomic mass is 10.1. The molecular weight excluding hydrogens is 717 g/mol. The van der Waals surface area contributed by atoms with Crippen molar-refractivity contribution < 1.29 is 90.4 Å². The number of aromatic carboxylic acids is 1. The standard InChI is InChI=1S/C21H27N6O18P3/c22-17-12-18(24-7-23-17)27(8-25-12)20-16(44-46(33,34)35)14(29)11(43-20)6-41-48(38,39)45-47(36,37)40-5-10-13(28)15(30)19(42-10)26-3-1-2-9(4-26)21(31)32/h1-4,7-8,10-11,13-16,19-20,28-30H,5-6H2,(H6-,22,23,24,31,32,33,34,35,36,37,38,39)/p-4/t10-,11-,13-,14-,15-,16-,19-,20-/m1/s1. The molecule has 2 unspecified atom stereocenters. The number of hydrogen-bond donors (Lipinski definition) is 4. The van der Waals surface area contributed by atoms with Gasteiger partial charge in [0.05, 0.1) is 38.9 Å². The van der Waals surface area contributed by atoms with Crippen LogP contribution in [0.15, 0.2) is 37.2 Å². The van der Waals surface area contributed by atoms with Crippen LogP contribution in [-0.2, 0) is 41.1 Å². The molecule has 0 aliphatic carbocycles. The van der Waals surface area contributed by atoms with Crippen LogP contribution in [0.5, 0.6) is 0 Å². The minimum atomic E-state index is -5.88. The third-order valence-corrected chi connectivity index (χ3v) is 9.94. The van der Waals surface area contributed by atoms with Gasteiger partial charge in [0.15, 0.2) is 36.2 Å². The Kier molecular flexibility index (Phi) is 10.5. The summed E-state index contributed by atoms with van der Waals surface area (Å²) in [6, 6.07) is 2.44. The molecule has 48 heavy (non-hydrogen) atoms. The van der Waals surface area contributed by atoms with Crippen LogP contribution < -0.4 is 35.0 Å². The van der Waals surface area contributed by atoms with Gasteiger partial charge in [0.25, 0.3) is 21.9 Å². The normalized spacial score (nSPS) is 30.3. The van der Waals surface area contributed by atoms with E-state index in [-0.39, 0.29) is 22.5 Å². The van der Waals surface area contributed by atoms with E-state index in [1.54, 1.807) is 0 Å². The number of rotatable bonds is 13. The Labute approximate surface area is 267 Å². The second kappa shape index (κ2) is 13.8. The van der Waals surface area contributed by atoms with Crippen molar-refractivity contribution in [2.45, 2.75) is 49.1 Å². The van der Waals surface area contributed by atoms with Gasteiger partial charge in [-0.2, -0.15) is 4.57 Å². The third-order valence-electron chi connectivity index (χ3n) is 6.91. The highest BCUT2D eigenvalue weighted by molar-refractivity contribution is 7.59. The van der Waals surface area contributed by atoms with E-state index in [2.05, 4.69) is 32.8 Å². The second-order valence-corrected chi connectivity index (χ2v) is 14.2. The van der Waals surface area contributed by atoms with Crippen molar-refractivity contribution in [1.82, 2.24) is 19.5 Å². The highest BCUT2D eigenvalue weighted by Gasteiger charge is 2.49. The number of aliphatic hydroxyl groups is 3. The Morgan fingerprint density at radius 3 is 2.25 bits per heavy atom. The molecule has 0 bridgehead atoms. The number of phosphoric acid groups is 3. The zero-order chi connectivity index (χ0) is 35.2. The van der Waals surface area contributed by atoms with E-state index in [4.69, 9.17) is 15.2 Å². The fraction of sp³-hybridized carbons (Fsp3) is 0.476. The lowest BCUT2D eigenvalue weighted by Crippen LogP contribution is -2.46. The molecule has 0 radical (unpaired) electrons. The van der Waals surface area contributed by atoms with E-state index in [9.17, 15) is 58.5 Å². The smallest absolute Gasteiger partial charge is 0.292 e. The lowest BCUT2D eigenvalue weighted by molar-refractivity contribution is -0.765. The maximum absolute atomic E-state index is 12.4. The van der Waals surface area contributed by atoms with Crippen molar-refractivity contribution in [2.24, 2.45) is 0 Å². The van der Waals surface area contributed by atoms with E-state index in [1.807, 2.05) is 0 Å². The Morgan fingerprint density at radius 2 is 1.62 bits per heavy atom. The van der Waals surface area contributed by atoms with Crippen molar-refractivity contribution in [1.29, 1.82) is 0 Å². The zero-order valence-electron chi connectivity index (χ0n) is 23.6. The van der Waals surface area contributed by atoms with E-state index < -0.39 is 91.7 Å². The largest absolute Gasteiger partial charge is 0.790 e. The first-order chi connectivity index (χ1) is 22.4. The quantitative estimate of drug-likeness (QED) is 0.0935. The van der Waals surface area contributed by atoms with Gasteiger partial charge in [0, 0.05) is 6.07 Å². The molecule has 0 saturated carbocycles. The summed E-state index contributed by atoms with van der Waals surface area (Å²) in [5.74, 6) is -1.66. The summed E-state index contributed by atoms with van der Waals surface area (Å²) in [5.41, 5.74) is 5.35. The summed E-state index contributed by atoms with van der Waals surface area (Å²) in [6.07, 6.45) is -9.82. The number of ether oxygens (including phenoxy) is 2. The van der Waals surface area contributed by atoms with Crippen LogP contribution in [-0.4, -0.2) is 90.6 Å². The van der Waals surface area contributed by atoms with Crippen LogP contribution in [0.3, 0.4) is 0 Å². The first-order valence-electron chi connectivity index (χ1n) is 13.2. The zero-order valence-corrected chi connectivity index (χ0v) is 26.3. The predicted molar refractivity (Wildman–Crippen MR) is 137 cm³/mol. The monoisotopic (exact) mass is 740 g/mol. The number of carbonyl (C=O) groups excluding carboxylic acids is 1. The molecule has 264 valence electrons. The number of phosphoric ester groups is 3. The van der Waals surface area contributed by atoms with Crippen molar-refractivity contribution in [3.05, 3.63) is 42.7 Å². The molecule has 3 aromatic heterocycles. The van der Waals surface area contributed by atoms with Gasteiger partial charge in [0.1, 0.15) is 42.4 Å². The molecule has 2 saturated heterocycles. The van der Waals surface area contributed by atoms with Crippen LogP contribution in [0.25, 0.3) is 11.2 Å². The maximum atomic E-state index is 12.4. The maximum Gasteiger partial charge on any atom is 0.292 e. The van der Waals surface area contributed by atoms with Gasteiger partial charge < -0.3 is 78.1 Å². The van der Waals surface area contributed by atoms with Crippen molar-refractivity contribution in [2.75, 3.05) is 18.9 Å². The number of aromatic nitrogens is 5. The molecule has 2 aliphatic heterocycles. The highest BCUT2D eigenvalue weighted by Crippen LogP contribution is 2.56. The van der Waals surface area contributed by atoms with Crippen LogP contribution in [0.2, 0.25) is 0 Å². The fourth-order valence-corrected chi connectivity index (χ4v) is 7.33. The van der Waals surface area contributed by atoms with Crippen LogP contribution in [0.4, 0.5) is 5.82 Å². The molecule has 27 heteroatoms. The van der Waals surface area contributed by atoms with Crippen molar-refractivity contribution in [3.8, 4) is 0 Å². The highest BCUT2D eigenvalue weighted by atomic mass is 31.3. The molecule has 2 aliphatic rings. The first-order valence-corrected chi connectivity index (χ1v) is 17.6. The molecule has 5 heterocycles. The Bertz CT molecular complexity index is 1810. The van der Waals surface area contributed by atoms with Gasteiger partial charge in [-0.15, -0.1) is 0 Å². The fourth-order valence-electron chi connectivity index (χ4n) is 4.78. The summed E-state index contributed by atoms with van der Waals surface area (Å²) < 4.78 is 66.4. The summed E-state index contributed by atoms with van der Waals surface area (Å²) in [6.45, 7) is -2.32. The number of anilines is 1. The first kappa shape index (κ1) is 36.4. The number of nitrogen functional groups attached to an aromatic ring is 1. The average molecular weight is 740 g/mol. The minimum absolute atomic E-state index is 0.00868. The molecule has 5 rings (SSSR count). The van der Waals surface area contributed by atoms with Crippen LogP contribution in [0.1, 0.15) is 22.8 Å². The number of imidazole rings is 1. The lowest BCUT2D eigenvalue weighted by Gasteiger charge is -2.34. The van der Waals surface area contributed by atoms with Crippen molar-refractivity contribution >= 4 is 46.4 Å².